The minimum Gasteiger partial charge on any atom is -0.490 e. The molecule has 0 saturated heterocycles. The monoisotopic (exact) mass is 300 g/mol. The van der Waals surface area contributed by atoms with E-state index in [1.165, 1.54) is 12.1 Å². The molecule has 0 aliphatic carbocycles. The molecule has 0 amide bonds. The summed E-state index contributed by atoms with van der Waals surface area (Å²) in [7, 11) is 1.55. The molecular formula is C15H21FO5. The molecular weight excluding hydrogens is 279 g/mol. The van der Waals surface area contributed by atoms with E-state index < -0.39 is 5.82 Å². The maximum atomic E-state index is 14.2. The van der Waals surface area contributed by atoms with Crippen molar-refractivity contribution in [3.63, 3.8) is 0 Å². The number of carbonyl (C=O) groups excluding carboxylic acids is 1. The van der Waals surface area contributed by atoms with Gasteiger partial charge in [0.1, 0.15) is 0 Å². The van der Waals surface area contributed by atoms with Gasteiger partial charge < -0.3 is 18.9 Å². The largest absolute Gasteiger partial charge is 0.490 e. The standard InChI is InChI=1S/C15H21FO5/c1-3-4-7-20-13-6-5-12(10-17)15(14(13)16)21-11-19-9-8-18-2/h5-6,10H,3-4,7-9,11H2,1-2H3. The highest BCUT2D eigenvalue weighted by Gasteiger charge is 2.16. The fourth-order valence-electron chi connectivity index (χ4n) is 1.53. The quantitative estimate of drug-likeness (QED) is 0.357. The predicted molar refractivity (Wildman–Crippen MR) is 75.5 cm³/mol. The van der Waals surface area contributed by atoms with Crippen LogP contribution in [0.5, 0.6) is 11.5 Å². The Kier molecular flexibility index (Phi) is 8.38. The van der Waals surface area contributed by atoms with Crippen molar-refractivity contribution in [2.75, 3.05) is 33.7 Å². The Labute approximate surface area is 123 Å². The van der Waals surface area contributed by atoms with E-state index in [9.17, 15) is 9.18 Å². The first-order chi connectivity index (χ1) is 10.2. The normalized spacial score (nSPS) is 10.4. The van der Waals surface area contributed by atoms with Crippen LogP contribution < -0.4 is 9.47 Å². The number of carbonyl (C=O) groups is 1. The molecule has 6 heteroatoms. The van der Waals surface area contributed by atoms with Crippen LogP contribution in [0.4, 0.5) is 4.39 Å². The first kappa shape index (κ1) is 17.4. The SMILES string of the molecule is CCCCOc1ccc(C=O)c(OCOCCOC)c1F. The number of halogens is 1. The maximum Gasteiger partial charge on any atom is 0.207 e. The van der Waals surface area contributed by atoms with Gasteiger partial charge >= 0.3 is 0 Å². The molecule has 0 aromatic heterocycles. The number of methoxy groups -OCH3 is 1. The summed E-state index contributed by atoms with van der Waals surface area (Å²) in [5, 5.41) is 0. The average molecular weight is 300 g/mol. The van der Waals surface area contributed by atoms with Crippen molar-refractivity contribution < 1.29 is 28.1 Å². The van der Waals surface area contributed by atoms with E-state index in [0.29, 0.717) is 26.1 Å². The number of benzene rings is 1. The second-order valence-electron chi connectivity index (χ2n) is 4.28. The van der Waals surface area contributed by atoms with Gasteiger partial charge in [-0.3, -0.25) is 4.79 Å². The summed E-state index contributed by atoms with van der Waals surface area (Å²) >= 11 is 0. The van der Waals surface area contributed by atoms with Crippen molar-refractivity contribution in [2.24, 2.45) is 0 Å². The van der Waals surface area contributed by atoms with Gasteiger partial charge in [0.15, 0.2) is 24.6 Å². The van der Waals surface area contributed by atoms with Crippen LogP contribution in [0, 0.1) is 5.82 Å². The fraction of sp³-hybridized carbons (Fsp3) is 0.533. The van der Waals surface area contributed by atoms with Gasteiger partial charge in [-0.2, -0.15) is 4.39 Å². The summed E-state index contributed by atoms with van der Waals surface area (Å²) in [6.07, 6.45) is 2.30. The van der Waals surface area contributed by atoms with Crippen molar-refractivity contribution in [3.8, 4) is 11.5 Å². The van der Waals surface area contributed by atoms with Gasteiger partial charge in [-0.15, -0.1) is 0 Å². The van der Waals surface area contributed by atoms with Crippen LogP contribution in [0.2, 0.25) is 0 Å². The Balaban J connectivity index is 2.69. The van der Waals surface area contributed by atoms with Gasteiger partial charge in [0.2, 0.25) is 5.82 Å². The van der Waals surface area contributed by atoms with Gasteiger partial charge in [-0.25, -0.2) is 0 Å². The lowest BCUT2D eigenvalue weighted by molar-refractivity contribution is -0.0104. The summed E-state index contributed by atoms with van der Waals surface area (Å²) in [5.41, 5.74) is 0.116. The first-order valence-corrected chi connectivity index (χ1v) is 6.84. The number of rotatable bonds is 11. The number of aldehydes is 1. The average Bonchev–Trinajstić information content (AvgIpc) is 2.50. The van der Waals surface area contributed by atoms with Crippen LogP contribution >= 0.6 is 0 Å². The summed E-state index contributed by atoms with van der Waals surface area (Å²) in [5.74, 6) is -0.775. The topological polar surface area (TPSA) is 54.0 Å². The molecule has 5 nitrogen and oxygen atoms in total. The number of hydrogen-bond acceptors (Lipinski definition) is 5. The minimum absolute atomic E-state index is 0.0703. The van der Waals surface area contributed by atoms with E-state index >= 15 is 0 Å². The molecule has 0 unspecified atom stereocenters. The van der Waals surface area contributed by atoms with Crippen LogP contribution in [0.1, 0.15) is 30.1 Å². The first-order valence-electron chi connectivity index (χ1n) is 6.84. The molecule has 0 saturated carbocycles. The van der Waals surface area contributed by atoms with E-state index in [1.54, 1.807) is 7.11 Å². The molecule has 0 heterocycles. The highest BCUT2D eigenvalue weighted by molar-refractivity contribution is 5.80. The van der Waals surface area contributed by atoms with Crippen molar-refractivity contribution in [3.05, 3.63) is 23.5 Å². The van der Waals surface area contributed by atoms with Gasteiger partial charge in [-0.1, -0.05) is 13.3 Å². The molecule has 1 rings (SSSR count). The lowest BCUT2D eigenvalue weighted by Crippen LogP contribution is -2.10. The zero-order chi connectivity index (χ0) is 15.5. The minimum atomic E-state index is -0.689. The third kappa shape index (κ3) is 5.69. The van der Waals surface area contributed by atoms with Gasteiger partial charge in [0, 0.05) is 7.11 Å². The van der Waals surface area contributed by atoms with Crippen LogP contribution in [0.3, 0.4) is 0 Å². The Morgan fingerprint density at radius 1 is 1.19 bits per heavy atom. The Hall–Kier alpha value is -1.66. The van der Waals surface area contributed by atoms with E-state index in [-0.39, 0.29) is 23.9 Å². The number of unbranched alkanes of at least 4 members (excludes halogenated alkanes) is 1. The summed E-state index contributed by atoms with van der Waals surface area (Å²) in [6, 6.07) is 2.88. The fourth-order valence-corrected chi connectivity index (χ4v) is 1.53. The molecule has 0 N–H and O–H groups in total. The summed E-state index contributed by atoms with van der Waals surface area (Å²) in [6.45, 7) is 2.99. The Bertz CT molecular complexity index is 436. The van der Waals surface area contributed by atoms with Crippen molar-refractivity contribution in [1.82, 2.24) is 0 Å². The van der Waals surface area contributed by atoms with E-state index in [0.717, 1.165) is 12.8 Å². The zero-order valence-corrected chi connectivity index (χ0v) is 12.4. The molecule has 1 aromatic rings. The predicted octanol–water partition coefficient (Wildman–Crippen LogP) is 2.82. The van der Waals surface area contributed by atoms with Gasteiger partial charge in [-0.05, 0) is 18.6 Å². The third-order valence-electron chi connectivity index (χ3n) is 2.69. The Morgan fingerprint density at radius 3 is 2.67 bits per heavy atom. The smallest absolute Gasteiger partial charge is 0.207 e. The Morgan fingerprint density at radius 2 is 2.00 bits per heavy atom. The van der Waals surface area contributed by atoms with E-state index in [1.807, 2.05) is 6.92 Å². The highest BCUT2D eigenvalue weighted by Crippen LogP contribution is 2.30. The lowest BCUT2D eigenvalue weighted by Gasteiger charge is -2.13. The molecule has 0 fully saturated rings. The van der Waals surface area contributed by atoms with Crippen molar-refractivity contribution >= 4 is 6.29 Å². The van der Waals surface area contributed by atoms with Crippen LogP contribution in [0.15, 0.2) is 12.1 Å². The molecule has 118 valence electrons. The summed E-state index contributed by atoms with van der Waals surface area (Å²) in [4.78, 5) is 10.9. The molecule has 1 aromatic carbocycles. The highest BCUT2D eigenvalue weighted by atomic mass is 19.1. The van der Waals surface area contributed by atoms with Crippen LogP contribution in [-0.4, -0.2) is 40.0 Å². The second kappa shape index (κ2) is 10.1. The maximum absolute atomic E-state index is 14.2. The molecule has 0 bridgehead atoms. The summed E-state index contributed by atoms with van der Waals surface area (Å²) < 4.78 is 34.7. The molecule has 0 radical (unpaired) electrons. The molecule has 21 heavy (non-hydrogen) atoms. The van der Waals surface area contributed by atoms with Crippen molar-refractivity contribution in [2.45, 2.75) is 19.8 Å². The third-order valence-corrected chi connectivity index (χ3v) is 2.69. The van der Waals surface area contributed by atoms with Gasteiger partial charge in [0.25, 0.3) is 0 Å². The van der Waals surface area contributed by atoms with Crippen molar-refractivity contribution in [1.29, 1.82) is 0 Å². The van der Waals surface area contributed by atoms with Crippen LogP contribution in [0.25, 0.3) is 0 Å². The molecule has 0 aliphatic heterocycles. The molecule has 0 spiro atoms. The number of ether oxygens (including phenoxy) is 4. The molecule has 0 aliphatic rings. The second-order valence-corrected chi connectivity index (χ2v) is 4.28. The lowest BCUT2D eigenvalue weighted by atomic mass is 10.2. The van der Waals surface area contributed by atoms with E-state index in [2.05, 4.69) is 0 Å². The van der Waals surface area contributed by atoms with E-state index in [4.69, 9.17) is 18.9 Å². The van der Waals surface area contributed by atoms with Gasteiger partial charge in [0.05, 0.1) is 25.4 Å². The molecule has 0 atom stereocenters. The number of hydrogen-bond donors (Lipinski definition) is 0. The zero-order valence-electron chi connectivity index (χ0n) is 12.4. The van der Waals surface area contributed by atoms with Crippen LogP contribution in [-0.2, 0) is 9.47 Å².